The third kappa shape index (κ3) is 4.71. The predicted octanol–water partition coefficient (Wildman–Crippen LogP) is 2.71. The summed E-state index contributed by atoms with van der Waals surface area (Å²) in [6, 6.07) is 0. The molecule has 0 aromatic heterocycles. The SMILES string of the molecule is C=CN1C=CN(CC)C1.O=[SH](O)(C(F)(F)F)C(F)(F)F. The Morgan fingerprint density at radius 1 is 1.25 bits per heavy atom. The summed E-state index contributed by atoms with van der Waals surface area (Å²) < 4.78 is 83.6. The maximum atomic E-state index is 11.1. The van der Waals surface area contributed by atoms with Gasteiger partial charge in [0.2, 0.25) is 0 Å². The summed E-state index contributed by atoms with van der Waals surface area (Å²) >= 11 is 0. The first kappa shape index (κ1) is 18.8. The van der Waals surface area contributed by atoms with Gasteiger partial charge in [-0.3, -0.25) is 4.55 Å². The molecule has 0 aromatic carbocycles. The Labute approximate surface area is 112 Å². The third-order valence-corrected chi connectivity index (χ3v) is 3.52. The minimum Gasteiger partial charge on any atom is -0.359 e. The van der Waals surface area contributed by atoms with Crippen molar-refractivity contribution in [3.8, 4) is 0 Å². The van der Waals surface area contributed by atoms with Crippen LogP contribution in [0.2, 0.25) is 0 Å². The molecule has 0 saturated carbocycles. The van der Waals surface area contributed by atoms with Crippen LogP contribution in [0.15, 0.2) is 25.2 Å². The van der Waals surface area contributed by atoms with E-state index in [0.717, 1.165) is 13.2 Å². The van der Waals surface area contributed by atoms with Gasteiger partial charge in [-0.1, -0.05) is 6.58 Å². The second-order valence-corrected chi connectivity index (χ2v) is 5.72. The normalized spacial score (nSPS) is 16.8. The zero-order chi connectivity index (χ0) is 16.2. The number of nitrogens with zero attached hydrogens (tertiary/aromatic N) is 2. The number of thiol groups is 1. The van der Waals surface area contributed by atoms with Crippen molar-refractivity contribution in [2.45, 2.75) is 17.9 Å². The van der Waals surface area contributed by atoms with E-state index in [0.29, 0.717) is 0 Å². The second kappa shape index (κ2) is 6.48. The van der Waals surface area contributed by atoms with Gasteiger partial charge in [0.1, 0.15) is 0 Å². The fourth-order valence-corrected chi connectivity index (χ4v) is 1.24. The van der Waals surface area contributed by atoms with Crippen molar-refractivity contribution in [1.29, 1.82) is 0 Å². The first-order chi connectivity index (χ1) is 8.86. The smallest absolute Gasteiger partial charge is 0.359 e. The van der Waals surface area contributed by atoms with Gasteiger partial charge in [-0.2, -0.15) is 30.6 Å². The average molecular weight is 328 g/mol. The van der Waals surface area contributed by atoms with Gasteiger partial charge < -0.3 is 9.80 Å². The Morgan fingerprint density at radius 2 is 1.70 bits per heavy atom. The van der Waals surface area contributed by atoms with E-state index < -0.39 is 21.2 Å². The van der Waals surface area contributed by atoms with Crippen LogP contribution < -0.4 is 0 Å². The summed E-state index contributed by atoms with van der Waals surface area (Å²) in [5.41, 5.74) is -12.3. The lowest BCUT2D eigenvalue weighted by Crippen LogP contribution is -2.42. The van der Waals surface area contributed by atoms with E-state index in [2.05, 4.69) is 24.6 Å². The summed E-state index contributed by atoms with van der Waals surface area (Å²) in [6.07, 6.45) is 5.92. The summed E-state index contributed by atoms with van der Waals surface area (Å²) in [7, 11) is -7.06. The number of rotatable bonds is 2. The molecule has 0 amide bonds. The molecule has 0 bridgehead atoms. The Kier molecular flexibility index (Phi) is 6.08. The summed E-state index contributed by atoms with van der Waals surface area (Å²) in [5.74, 6) is 0. The van der Waals surface area contributed by atoms with Gasteiger partial charge >= 0.3 is 11.0 Å². The second-order valence-electron chi connectivity index (χ2n) is 3.55. The van der Waals surface area contributed by atoms with Crippen LogP contribution in [0.5, 0.6) is 0 Å². The van der Waals surface area contributed by atoms with Gasteiger partial charge in [-0.15, -0.1) is 0 Å². The fraction of sp³-hybridized carbons (Fsp3) is 0.556. The Hall–Kier alpha value is -1.23. The highest BCUT2D eigenvalue weighted by Gasteiger charge is 2.57. The maximum absolute atomic E-state index is 11.1. The van der Waals surface area contributed by atoms with Crippen LogP contribution in [0.25, 0.3) is 0 Å². The van der Waals surface area contributed by atoms with Crippen molar-refractivity contribution in [2.24, 2.45) is 0 Å². The van der Waals surface area contributed by atoms with Crippen molar-refractivity contribution in [2.75, 3.05) is 13.2 Å². The van der Waals surface area contributed by atoms with E-state index in [1.807, 2.05) is 17.3 Å². The first-order valence-electron chi connectivity index (χ1n) is 5.14. The summed E-state index contributed by atoms with van der Waals surface area (Å²) in [4.78, 5) is 4.26. The quantitative estimate of drug-likeness (QED) is 0.604. The minimum absolute atomic E-state index is 0.958. The fourth-order valence-electron chi connectivity index (χ4n) is 0.952. The molecule has 0 radical (unpaired) electrons. The molecule has 0 atom stereocenters. The molecule has 20 heavy (non-hydrogen) atoms. The molecule has 11 heteroatoms. The molecule has 1 aliphatic rings. The largest absolute Gasteiger partial charge is 0.497 e. The van der Waals surface area contributed by atoms with Gasteiger partial charge in [-0.05, 0) is 23.3 Å². The molecular formula is C9H14F6N2O2S. The minimum atomic E-state index is -7.06. The number of hydrogen-bond acceptors (Lipinski definition) is 3. The number of halogens is 6. The molecule has 0 aromatic rings. The zero-order valence-corrected chi connectivity index (χ0v) is 11.2. The molecular weight excluding hydrogens is 314 g/mol. The van der Waals surface area contributed by atoms with Crippen LogP contribution in [0, 0.1) is 0 Å². The lowest BCUT2D eigenvalue weighted by molar-refractivity contribution is -0.0970. The molecule has 4 nitrogen and oxygen atoms in total. The molecule has 1 heterocycles. The van der Waals surface area contributed by atoms with Crippen LogP contribution in [0.1, 0.15) is 6.92 Å². The van der Waals surface area contributed by atoms with Gasteiger partial charge in [0.15, 0.2) is 0 Å². The molecule has 0 unspecified atom stereocenters. The van der Waals surface area contributed by atoms with Crippen molar-refractivity contribution in [3.05, 3.63) is 25.2 Å². The Morgan fingerprint density at radius 3 is 1.85 bits per heavy atom. The topological polar surface area (TPSA) is 43.8 Å². The van der Waals surface area contributed by atoms with Crippen LogP contribution in [-0.4, -0.2) is 42.8 Å². The molecule has 1 aliphatic heterocycles. The molecule has 0 fully saturated rings. The monoisotopic (exact) mass is 328 g/mol. The number of hydrogen-bond donors (Lipinski definition) is 2. The van der Waals surface area contributed by atoms with Crippen LogP contribution in [0.4, 0.5) is 26.3 Å². The van der Waals surface area contributed by atoms with E-state index in [1.54, 1.807) is 0 Å². The van der Waals surface area contributed by atoms with Gasteiger partial charge in [0.05, 0.1) is 6.67 Å². The van der Waals surface area contributed by atoms with Crippen molar-refractivity contribution in [1.82, 2.24) is 9.80 Å². The van der Waals surface area contributed by atoms with E-state index in [4.69, 9.17) is 4.55 Å². The summed E-state index contributed by atoms with van der Waals surface area (Å²) in [6.45, 7) is 7.82. The molecule has 0 saturated heterocycles. The van der Waals surface area contributed by atoms with Crippen molar-refractivity contribution >= 4 is 10.2 Å². The highest BCUT2D eigenvalue weighted by Crippen LogP contribution is 2.40. The molecule has 0 spiro atoms. The Balaban J connectivity index is 0.000000367. The van der Waals surface area contributed by atoms with Crippen molar-refractivity contribution in [3.63, 3.8) is 0 Å². The van der Waals surface area contributed by atoms with Gasteiger partial charge in [-0.25, -0.2) is 0 Å². The molecule has 120 valence electrons. The van der Waals surface area contributed by atoms with Crippen LogP contribution >= 0.6 is 0 Å². The van der Waals surface area contributed by atoms with E-state index >= 15 is 0 Å². The lowest BCUT2D eigenvalue weighted by atomic mass is 10.6. The molecule has 1 rings (SSSR count). The van der Waals surface area contributed by atoms with E-state index in [1.165, 1.54) is 0 Å². The van der Waals surface area contributed by atoms with Gasteiger partial charge in [0.25, 0.3) is 0 Å². The van der Waals surface area contributed by atoms with Crippen LogP contribution in [-0.2, 0) is 10.2 Å². The number of alkyl halides is 6. The first-order valence-corrected chi connectivity index (χ1v) is 6.80. The highest BCUT2D eigenvalue weighted by atomic mass is 32.3. The summed E-state index contributed by atoms with van der Waals surface area (Å²) in [5, 5.41) is 0. The van der Waals surface area contributed by atoms with Gasteiger partial charge in [0, 0.05) is 18.9 Å². The molecule has 0 aliphatic carbocycles. The highest BCUT2D eigenvalue weighted by molar-refractivity contribution is 7.99. The van der Waals surface area contributed by atoms with Crippen LogP contribution in [0.3, 0.4) is 0 Å². The van der Waals surface area contributed by atoms with Crippen molar-refractivity contribution < 1.29 is 35.1 Å². The lowest BCUT2D eigenvalue weighted by Gasteiger charge is -2.26. The predicted molar refractivity (Wildman–Crippen MR) is 62.7 cm³/mol. The van der Waals surface area contributed by atoms with E-state index in [9.17, 15) is 30.6 Å². The Bertz CT molecular complexity index is 388. The average Bonchev–Trinajstić information content (AvgIpc) is 2.74. The standard InChI is InChI=1S/C7H12N2.C2H2F6O2S/c1-3-8-5-6-9(4-2)7-8;3-1(4,5)11(9,10)2(6,7)8/h3,5-6H,1,4,7H2,2H3;11H,(H,9,10). The maximum Gasteiger partial charge on any atom is 0.497 e. The zero-order valence-electron chi connectivity index (χ0n) is 10.3. The van der Waals surface area contributed by atoms with E-state index in [-0.39, 0.29) is 0 Å². The third-order valence-electron chi connectivity index (χ3n) is 2.14. The molecule has 1 N–H and O–H groups in total.